The molecule has 0 saturated heterocycles. The molecule has 2 amide bonds. The van der Waals surface area contributed by atoms with Gasteiger partial charge in [-0.25, -0.2) is 4.98 Å². The molecule has 0 radical (unpaired) electrons. The van der Waals surface area contributed by atoms with E-state index in [0.717, 1.165) is 17.8 Å². The molecule has 0 spiro atoms. The maximum Gasteiger partial charge on any atom is 0.273 e. The second kappa shape index (κ2) is 6.33. The van der Waals surface area contributed by atoms with Crippen LogP contribution in [-0.4, -0.2) is 40.2 Å². The highest BCUT2D eigenvalue weighted by atomic mass is 16.2. The van der Waals surface area contributed by atoms with E-state index in [9.17, 15) is 9.59 Å². The van der Waals surface area contributed by atoms with Gasteiger partial charge < -0.3 is 10.2 Å². The highest BCUT2D eigenvalue weighted by molar-refractivity contribution is 5.93. The lowest BCUT2D eigenvalue weighted by Crippen LogP contribution is -2.47. The van der Waals surface area contributed by atoms with Gasteiger partial charge in [-0.05, 0) is 73.8 Å². The number of nitrogens with one attached hydrogen (secondary N) is 1. The van der Waals surface area contributed by atoms with Crippen LogP contribution in [0, 0.1) is 23.2 Å². The van der Waals surface area contributed by atoms with Crippen molar-refractivity contribution >= 4 is 23.3 Å². The molecule has 2 heterocycles. The maximum atomic E-state index is 13.0. The summed E-state index contributed by atoms with van der Waals surface area (Å²) >= 11 is 0. The molecule has 0 unspecified atom stereocenters. The molecule has 4 fully saturated rings. The van der Waals surface area contributed by atoms with Crippen molar-refractivity contribution in [3.05, 3.63) is 30.1 Å². The summed E-state index contributed by atoms with van der Waals surface area (Å²) in [5, 5.41) is 3.10. The van der Waals surface area contributed by atoms with E-state index < -0.39 is 0 Å². The Hall–Kier alpha value is -2.37. The Bertz CT molecular complexity index is 910. The van der Waals surface area contributed by atoms with Gasteiger partial charge in [0.2, 0.25) is 5.91 Å². The van der Waals surface area contributed by atoms with E-state index in [2.05, 4.69) is 10.3 Å². The third-order valence-corrected chi connectivity index (χ3v) is 7.09. The largest absolute Gasteiger partial charge is 0.343 e. The van der Waals surface area contributed by atoms with Crippen molar-refractivity contribution in [2.45, 2.75) is 44.9 Å². The third kappa shape index (κ3) is 2.99. The molecule has 6 rings (SSSR count). The zero-order valence-electron chi connectivity index (χ0n) is 16.6. The molecular formula is C22H28N4O2. The van der Waals surface area contributed by atoms with Crippen LogP contribution in [0.5, 0.6) is 0 Å². The van der Waals surface area contributed by atoms with E-state index in [1.165, 1.54) is 43.4 Å². The smallest absolute Gasteiger partial charge is 0.273 e. The average molecular weight is 380 g/mol. The van der Waals surface area contributed by atoms with Gasteiger partial charge in [-0.1, -0.05) is 6.07 Å². The third-order valence-electron chi connectivity index (χ3n) is 7.09. The van der Waals surface area contributed by atoms with Crippen molar-refractivity contribution in [1.29, 1.82) is 0 Å². The lowest BCUT2D eigenvalue weighted by molar-refractivity contribution is -0.124. The standard InChI is InChI=1S/C22H28N4O2/c1-25(2)21(28)17-13-26-18(23-17)4-3-5-19(26)24-20(27)12-22-9-14-6-15(10-22)8-16(7-14)11-22/h3-5,13-16H,6-12H2,1-2H3,(H,24,27). The van der Waals surface area contributed by atoms with E-state index in [-0.39, 0.29) is 17.2 Å². The number of hydrogen-bond donors (Lipinski definition) is 1. The molecule has 148 valence electrons. The Balaban J connectivity index is 1.35. The molecular weight excluding hydrogens is 352 g/mol. The van der Waals surface area contributed by atoms with Crippen LogP contribution in [0.4, 0.5) is 5.82 Å². The van der Waals surface area contributed by atoms with Crippen LogP contribution >= 0.6 is 0 Å². The van der Waals surface area contributed by atoms with Crippen LogP contribution in [0.25, 0.3) is 5.65 Å². The molecule has 4 aliphatic carbocycles. The summed E-state index contributed by atoms with van der Waals surface area (Å²) in [6.45, 7) is 0. The summed E-state index contributed by atoms with van der Waals surface area (Å²) in [5.41, 5.74) is 1.26. The molecule has 0 atom stereocenters. The summed E-state index contributed by atoms with van der Waals surface area (Å²) in [6, 6.07) is 5.59. The molecule has 1 N–H and O–H groups in total. The number of anilines is 1. The SMILES string of the molecule is CN(C)C(=O)c1cn2c(NC(=O)CC34CC5CC(CC(C5)C3)C4)cccc2n1. The number of nitrogens with zero attached hydrogens (tertiary/aromatic N) is 3. The predicted molar refractivity (Wildman–Crippen MR) is 107 cm³/mol. The second-order valence-electron chi connectivity index (χ2n) is 9.61. The Morgan fingerprint density at radius 3 is 2.39 bits per heavy atom. The zero-order valence-corrected chi connectivity index (χ0v) is 16.6. The minimum atomic E-state index is -0.144. The van der Waals surface area contributed by atoms with E-state index in [1.54, 1.807) is 24.7 Å². The van der Waals surface area contributed by atoms with E-state index >= 15 is 0 Å². The van der Waals surface area contributed by atoms with Crippen molar-refractivity contribution in [1.82, 2.24) is 14.3 Å². The van der Waals surface area contributed by atoms with Crippen LogP contribution in [0.3, 0.4) is 0 Å². The van der Waals surface area contributed by atoms with E-state index in [4.69, 9.17) is 0 Å². The van der Waals surface area contributed by atoms with Gasteiger partial charge in [-0.15, -0.1) is 0 Å². The molecule has 28 heavy (non-hydrogen) atoms. The van der Waals surface area contributed by atoms with Crippen molar-refractivity contribution in [2.75, 3.05) is 19.4 Å². The van der Waals surface area contributed by atoms with Crippen LogP contribution in [0.1, 0.15) is 55.4 Å². The van der Waals surface area contributed by atoms with Gasteiger partial charge in [0.05, 0.1) is 0 Å². The lowest BCUT2D eigenvalue weighted by atomic mass is 9.49. The number of carbonyl (C=O) groups excluding carboxylic acids is 2. The molecule has 4 bridgehead atoms. The number of pyridine rings is 1. The summed E-state index contributed by atoms with van der Waals surface area (Å²) in [6.07, 6.45) is 10.2. The topological polar surface area (TPSA) is 66.7 Å². The summed E-state index contributed by atoms with van der Waals surface area (Å²) in [5.74, 6) is 3.15. The average Bonchev–Trinajstić information content (AvgIpc) is 3.04. The highest BCUT2D eigenvalue weighted by Crippen LogP contribution is 2.61. The molecule has 6 nitrogen and oxygen atoms in total. The number of fused-ring (bicyclic) bond motifs is 1. The number of carbonyl (C=O) groups is 2. The first kappa shape index (κ1) is 17.7. The number of hydrogen-bond acceptors (Lipinski definition) is 3. The number of amides is 2. The van der Waals surface area contributed by atoms with Crippen LogP contribution in [0.2, 0.25) is 0 Å². The fraction of sp³-hybridized carbons (Fsp3) is 0.591. The molecule has 2 aromatic heterocycles. The Morgan fingerprint density at radius 2 is 1.79 bits per heavy atom. The minimum absolute atomic E-state index is 0.0867. The minimum Gasteiger partial charge on any atom is -0.343 e. The number of rotatable bonds is 4. The van der Waals surface area contributed by atoms with Gasteiger partial charge in [0, 0.05) is 26.7 Å². The van der Waals surface area contributed by atoms with E-state index in [0.29, 0.717) is 23.6 Å². The quantitative estimate of drug-likeness (QED) is 0.882. The summed E-state index contributed by atoms with van der Waals surface area (Å²) < 4.78 is 1.80. The molecule has 4 aliphatic rings. The first-order valence-electron chi connectivity index (χ1n) is 10.4. The van der Waals surface area contributed by atoms with Crippen LogP contribution < -0.4 is 5.32 Å². The van der Waals surface area contributed by atoms with Gasteiger partial charge in [-0.2, -0.15) is 0 Å². The predicted octanol–water partition coefficient (Wildman–Crippen LogP) is 3.58. The van der Waals surface area contributed by atoms with Crippen LogP contribution in [0.15, 0.2) is 24.4 Å². The van der Waals surface area contributed by atoms with E-state index in [1.807, 2.05) is 18.2 Å². The van der Waals surface area contributed by atoms with Crippen LogP contribution in [-0.2, 0) is 4.79 Å². The fourth-order valence-corrected chi connectivity index (χ4v) is 6.48. The highest BCUT2D eigenvalue weighted by Gasteiger charge is 2.51. The monoisotopic (exact) mass is 380 g/mol. The molecule has 2 aromatic rings. The summed E-state index contributed by atoms with van der Waals surface area (Å²) in [7, 11) is 3.42. The fourth-order valence-electron chi connectivity index (χ4n) is 6.48. The molecule has 4 saturated carbocycles. The first-order chi connectivity index (χ1) is 13.4. The van der Waals surface area contributed by atoms with Gasteiger partial charge in [0.15, 0.2) is 0 Å². The molecule has 0 aromatic carbocycles. The van der Waals surface area contributed by atoms with Crippen molar-refractivity contribution < 1.29 is 9.59 Å². The van der Waals surface area contributed by atoms with Crippen molar-refractivity contribution in [3.8, 4) is 0 Å². The maximum absolute atomic E-state index is 13.0. The van der Waals surface area contributed by atoms with Crippen molar-refractivity contribution in [2.24, 2.45) is 23.2 Å². The van der Waals surface area contributed by atoms with Crippen molar-refractivity contribution in [3.63, 3.8) is 0 Å². The first-order valence-corrected chi connectivity index (χ1v) is 10.4. The Morgan fingerprint density at radius 1 is 1.14 bits per heavy atom. The Labute approximate surface area is 165 Å². The zero-order chi connectivity index (χ0) is 19.5. The second-order valence-corrected chi connectivity index (χ2v) is 9.61. The van der Waals surface area contributed by atoms with Gasteiger partial charge in [-0.3, -0.25) is 14.0 Å². The number of aromatic nitrogens is 2. The molecule has 6 heteroatoms. The lowest BCUT2D eigenvalue weighted by Gasteiger charge is -2.56. The number of imidazole rings is 1. The summed E-state index contributed by atoms with van der Waals surface area (Å²) in [4.78, 5) is 31.1. The normalized spacial score (nSPS) is 30.6. The van der Waals surface area contributed by atoms with Gasteiger partial charge in [0.1, 0.15) is 17.2 Å². The molecule has 0 aliphatic heterocycles. The van der Waals surface area contributed by atoms with Gasteiger partial charge >= 0.3 is 0 Å². The Kier molecular flexibility index (Phi) is 4.00. The van der Waals surface area contributed by atoms with Gasteiger partial charge in [0.25, 0.3) is 5.91 Å².